The van der Waals surface area contributed by atoms with Crippen molar-refractivity contribution in [1.82, 2.24) is 10.2 Å². The summed E-state index contributed by atoms with van der Waals surface area (Å²) in [5.41, 5.74) is 2.61. The molecule has 2 N–H and O–H groups in total. The third kappa shape index (κ3) is 5.18. The highest BCUT2D eigenvalue weighted by Gasteiger charge is 2.21. The molecule has 0 radical (unpaired) electrons. The number of thiocarbonyl (C=S) groups is 1. The van der Waals surface area contributed by atoms with Crippen LogP contribution in [0.3, 0.4) is 0 Å². The quantitative estimate of drug-likeness (QED) is 0.794. The second-order valence-corrected chi connectivity index (χ2v) is 6.79. The molecular weight excluding hydrogens is 330 g/mol. The first-order valence-corrected chi connectivity index (χ1v) is 9.18. The maximum Gasteiger partial charge on any atom is 0.169 e. The van der Waals surface area contributed by atoms with Gasteiger partial charge in [-0.2, -0.15) is 0 Å². The van der Waals surface area contributed by atoms with Gasteiger partial charge in [0.2, 0.25) is 0 Å². The summed E-state index contributed by atoms with van der Waals surface area (Å²) in [4.78, 5) is 3.91. The first-order valence-electron chi connectivity index (χ1n) is 8.78. The molecule has 1 saturated heterocycles. The van der Waals surface area contributed by atoms with Gasteiger partial charge in [-0.05, 0) is 29.9 Å². The third-order valence-corrected chi connectivity index (χ3v) is 5.06. The van der Waals surface area contributed by atoms with Crippen molar-refractivity contribution in [2.75, 3.05) is 33.3 Å². The number of hydrogen-bond donors (Lipinski definition) is 2. The van der Waals surface area contributed by atoms with Gasteiger partial charge in [0.15, 0.2) is 5.11 Å². The summed E-state index contributed by atoms with van der Waals surface area (Å²) in [5, 5.41) is 4.23. The van der Waals surface area contributed by atoms with Crippen molar-refractivity contribution >= 4 is 17.3 Å². The maximum atomic E-state index is 5.57. The highest BCUT2D eigenvalue weighted by molar-refractivity contribution is 7.80. The van der Waals surface area contributed by atoms with Gasteiger partial charge in [-0.1, -0.05) is 42.5 Å². The van der Waals surface area contributed by atoms with E-state index in [1.165, 1.54) is 11.1 Å². The highest BCUT2D eigenvalue weighted by Crippen LogP contribution is 2.11. The molecule has 1 aliphatic rings. The summed E-state index contributed by atoms with van der Waals surface area (Å²) in [7, 11) is 1.68. The number of rotatable bonds is 5. The van der Waals surface area contributed by atoms with Crippen LogP contribution in [-0.2, 0) is 13.1 Å². The van der Waals surface area contributed by atoms with Gasteiger partial charge in [-0.25, -0.2) is 0 Å². The van der Waals surface area contributed by atoms with Gasteiger partial charge in [0.05, 0.1) is 33.3 Å². The molecule has 25 heavy (non-hydrogen) atoms. The van der Waals surface area contributed by atoms with Crippen LogP contribution in [0.15, 0.2) is 54.6 Å². The average molecular weight is 357 g/mol. The maximum absolute atomic E-state index is 5.57. The third-order valence-electron chi connectivity index (χ3n) is 4.66. The Morgan fingerprint density at radius 1 is 1.04 bits per heavy atom. The summed E-state index contributed by atoms with van der Waals surface area (Å²) in [5.74, 6) is 0.879. The minimum atomic E-state index is 0.750. The molecule has 0 aliphatic carbocycles. The fourth-order valence-corrected chi connectivity index (χ4v) is 3.37. The van der Waals surface area contributed by atoms with E-state index in [-0.39, 0.29) is 0 Å². The second-order valence-electron chi connectivity index (χ2n) is 6.41. The average Bonchev–Trinajstić information content (AvgIpc) is 2.68. The topological polar surface area (TPSA) is 28.9 Å². The summed E-state index contributed by atoms with van der Waals surface area (Å²) >= 11 is 5.57. The van der Waals surface area contributed by atoms with Crippen LogP contribution in [0.4, 0.5) is 0 Å². The Bertz CT molecular complexity index is 667. The molecule has 2 aromatic carbocycles. The lowest BCUT2D eigenvalue weighted by molar-refractivity contribution is -0.917. The number of quaternary nitrogens is 1. The van der Waals surface area contributed by atoms with Crippen molar-refractivity contribution in [3.63, 3.8) is 0 Å². The lowest BCUT2D eigenvalue weighted by Crippen LogP contribution is -3.13. The Kier molecular flexibility index (Phi) is 6.25. The van der Waals surface area contributed by atoms with Crippen LogP contribution in [0.2, 0.25) is 0 Å². The van der Waals surface area contributed by atoms with Crippen LogP contribution in [0.1, 0.15) is 11.1 Å². The van der Waals surface area contributed by atoms with Crippen molar-refractivity contribution in [2.24, 2.45) is 0 Å². The van der Waals surface area contributed by atoms with E-state index in [0.29, 0.717) is 0 Å². The number of ether oxygens (including phenoxy) is 1. The van der Waals surface area contributed by atoms with E-state index in [2.05, 4.69) is 52.7 Å². The molecule has 4 nitrogen and oxygen atoms in total. The summed E-state index contributed by atoms with van der Waals surface area (Å²) < 4.78 is 5.19. The number of nitrogens with zero attached hydrogens (tertiary/aromatic N) is 1. The Hall–Kier alpha value is -2.11. The predicted molar refractivity (Wildman–Crippen MR) is 105 cm³/mol. The molecule has 0 amide bonds. The lowest BCUT2D eigenvalue weighted by atomic mass is 10.2. The highest BCUT2D eigenvalue weighted by atomic mass is 32.1. The van der Waals surface area contributed by atoms with Crippen LogP contribution < -0.4 is 15.0 Å². The molecule has 0 unspecified atom stereocenters. The van der Waals surface area contributed by atoms with Crippen molar-refractivity contribution in [3.05, 3.63) is 65.7 Å². The Balaban J connectivity index is 1.41. The fourth-order valence-electron chi connectivity index (χ4n) is 3.12. The van der Waals surface area contributed by atoms with E-state index < -0.39 is 0 Å². The van der Waals surface area contributed by atoms with Crippen molar-refractivity contribution in [3.8, 4) is 5.75 Å². The molecule has 0 spiro atoms. The normalized spacial score (nSPS) is 15.0. The smallest absolute Gasteiger partial charge is 0.169 e. The molecule has 0 saturated carbocycles. The molecule has 0 bridgehead atoms. The van der Waals surface area contributed by atoms with E-state index >= 15 is 0 Å². The SMILES string of the molecule is COc1ccc(CNC(=S)N2CC[NH+](Cc3ccccc3)CC2)cc1. The number of methoxy groups -OCH3 is 1. The molecule has 1 fully saturated rings. The number of piperazine rings is 1. The Morgan fingerprint density at radius 3 is 2.36 bits per heavy atom. The number of benzene rings is 2. The number of hydrogen-bond acceptors (Lipinski definition) is 2. The molecule has 0 aromatic heterocycles. The molecule has 1 heterocycles. The monoisotopic (exact) mass is 356 g/mol. The first-order chi connectivity index (χ1) is 12.2. The van der Waals surface area contributed by atoms with E-state index in [9.17, 15) is 0 Å². The van der Waals surface area contributed by atoms with E-state index in [1.807, 2.05) is 12.1 Å². The van der Waals surface area contributed by atoms with Crippen molar-refractivity contribution in [2.45, 2.75) is 13.1 Å². The number of nitrogens with one attached hydrogen (secondary N) is 2. The largest absolute Gasteiger partial charge is 0.497 e. The van der Waals surface area contributed by atoms with Gasteiger partial charge >= 0.3 is 0 Å². The zero-order valence-electron chi connectivity index (χ0n) is 14.7. The molecule has 0 atom stereocenters. The second kappa shape index (κ2) is 8.83. The summed E-state index contributed by atoms with van der Waals surface area (Å²) in [6.07, 6.45) is 0. The van der Waals surface area contributed by atoms with Crippen LogP contribution in [0.5, 0.6) is 5.75 Å². The van der Waals surface area contributed by atoms with Crippen LogP contribution in [-0.4, -0.2) is 43.3 Å². The fraction of sp³-hybridized carbons (Fsp3) is 0.350. The Labute approximate surface area is 155 Å². The van der Waals surface area contributed by atoms with Crippen molar-refractivity contribution in [1.29, 1.82) is 0 Å². The van der Waals surface area contributed by atoms with Gasteiger partial charge in [0, 0.05) is 12.1 Å². The standard InChI is InChI=1S/C20H25N3OS/c1-24-19-9-7-17(8-10-19)15-21-20(25)23-13-11-22(12-14-23)16-18-5-3-2-4-6-18/h2-10H,11-16H2,1H3,(H,21,25)/p+1. The minimum absolute atomic E-state index is 0.750. The van der Waals surface area contributed by atoms with Crippen LogP contribution in [0, 0.1) is 0 Å². The zero-order chi connectivity index (χ0) is 17.5. The van der Waals surface area contributed by atoms with Gasteiger partial charge < -0.3 is 19.9 Å². The molecular formula is C20H26N3OS+. The molecule has 132 valence electrons. The van der Waals surface area contributed by atoms with Crippen LogP contribution in [0.25, 0.3) is 0 Å². The lowest BCUT2D eigenvalue weighted by Gasteiger charge is -2.34. The summed E-state index contributed by atoms with van der Waals surface area (Å²) in [6, 6.07) is 18.8. The van der Waals surface area contributed by atoms with Crippen LogP contribution >= 0.6 is 12.2 Å². The van der Waals surface area contributed by atoms with Crippen molar-refractivity contribution < 1.29 is 9.64 Å². The molecule has 5 heteroatoms. The van der Waals surface area contributed by atoms with E-state index in [4.69, 9.17) is 17.0 Å². The van der Waals surface area contributed by atoms with E-state index in [0.717, 1.165) is 50.1 Å². The van der Waals surface area contributed by atoms with E-state index in [1.54, 1.807) is 12.0 Å². The van der Waals surface area contributed by atoms with Gasteiger partial charge in [0.25, 0.3) is 0 Å². The molecule has 2 aromatic rings. The van der Waals surface area contributed by atoms with Gasteiger partial charge in [-0.15, -0.1) is 0 Å². The first kappa shape index (κ1) is 17.7. The van der Waals surface area contributed by atoms with Gasteiger partial charge in [0.1, 0.15) is 12.3 Å². The predicted octanol–water partition coefficient (Wildman–Crippen LogP) is 1.47. The zero-order valence-corrected chi connectivity index (χ0v) is 15.5. The summed E-state index contributed by atoms with van der Waals surface area (Å²) in [6.45, 7) is 6.12. The Morgan fingerprint density at radius 2 is 1.72 bits per heavy atom. The molecule has 3 rings (SSSR count). The minimum Gasteiger partial charge on any atom is -0.497 e. The molecule has 1 aliphatic heterocycles. The van der Waals surface area contributed by atoms with Gasteiger partial charge in [-0.3, -0.25) is 0 Å².